The first-order valence-corrected chi connectivity index (χ1v) is 12.3. The van der Waals surface area contributed by atoms with Gasteiger partial charge in [-0.2, -0.15) is 9.97 Å². The fourth-order valence-corrected chi connectivity index (χ4v) is 5.09. The molecule has 0 spiro atoms. The molecule has 35 heavy (non-hydrogen) atoms. The number of amides is 1. The number of ether oxygens (including phenoxy) is 1. The number of carbonyl (C=O) groups excluding carboxylic acids is 2. The summed E-state index contributed by atoms with van der Waals surface area (Å²) >= 11 is 1.20. The van der Waals surface area contributed by atoms with Crippen LogP contribution in [-0.2, 0) is 22.5 Å². The van der Waals surface area contributed by atoms with Gasteiger partial charge in [-0.15, -0.1) is 0 Å². The summed E-state index contributed by atoms with van der Waals surface area (Å²) in [5.41, 5.74) is 2.70. The number of fused-ring (bicyclic) bond motifs is 1. The molecule has 1 amide bonds. The average Bonchev–Trinajstić information content (AvgIpc) is 3.42. The molecule has 1 fully saturated rings. The predicted octanol–water partition coefficient (Wildman–Crippen LogP) is 2.06. The Morgan fingerprint density at radius 3 is 2.89 bits per heavy atom. The Hall–Kier alpha value is -3.80. The van der Waals surface area contributed by atoms with E-state index in [0.29, 0.717) is 47.9 Å². The molecule has 0 atom stereocenters. The van der Waals surface area contributed by atoms with Gasteiger partial charge in [0, 0.05) is 44.1 Å². The van der Waals surface area contributed by atoms with Gasteiger partial charge in [-0.3, -0.25) is 15.1 Å². The van der Waals surface area contributed by atoms with E-state index >= 15 is 0 Å². The Labute approximate surface area is 206 Å². The summed E-state index contributed by atoms with van der Waals surface area (Å²) in [5.74, 6) is 1.52. The van der Waals surface area contributed by atoms with Crippen molar-refractivity contribution in [2.75, 3.05) is 47.9 Å². The van der Waals surface area contributed by atoms with Crippen LogP contribution in [0.5, 0.6) is 0 Å². The minimum absolute atomic E-state index is 0.0297. The summed E-state index contributed by atoms with van der Waals surface area (Å²) in [7, 11) is 0. The SMILES string of the molecule is CCOC(=O)c1sc(Nc2nc(N3CCNC(=O)C3)c3c(n2)N(Cc2cccnc2)CC3)nc1C. The summed E-state index contributed by atoms with van der Waals surface area (Å²) in [6.07, 6.45) is 4.39. The molecule has 0 saturated carbocycles. The Morgan fingerprint density at radius 1 is 1.26 bits per heavy atom. The molecule has 182 valence electrons. The number of nitrogens with one attached hydrogen (secondary N) is 2. The fourth-order valence-electron chi connectivity index (χ4n) is 4.23. The molecule has 5 heterocycles. The molecular formula is C23H26N8O3S. The molecule has 0 unspecified atom stereocenters. The maximum atomic E-state index is 12.2. The van der Waals surface area contributed by atoms with E-state index in [4.69, 9.17) is 14.7 Å². The van der Waals surface area contributed by atoms with Crippen LogP contribution in [0.15, 0.2) is 24.5 Å². The summed E-state index contributed by atoms with van der Waals surface area (Å²) < 4.78 is 5.13. The van der Waals surface area contributed by atoms with Crippen LogP contribution in [0, 0.1) is 6.92 Å². The van der Waals surface area contributed by atoms with Gasteiger partial charge in [0.05, 0.1) is 18.8 Å². The maximum absolute atomic E-state index is 12.2. The van der Waals surface area contributed by atoms with Crippen LogP contribution in [0.4, 0.5) is 22.7 Å². The third-order valence-electron chi connectivity index (χ3n) is 5.80. The van der Waals surface area contributed by atoms with E-state index in [0.717, 1.165) is 35.7 Å². The number of esters is 1. The number of carbonyl (C=O) groups is 2. The van der Waals surface area contributed by atoms with Crippen LogP contribution < -0.4 is 20.4 Å². The van der Waals surface area contributed by atoms with Crippen molar-refractivity contribution in [1.82, 2.24) is 25.3 Å². The number of hydrogen-bond acceptors (Lipinski definition) is 11. The molecule has 2 aliphatic rings. The largest absolute Gasteiger partial charge is 0.462 e. The molecule has 2 aliphatic heterocycles. The minimum Gasteiger partial charge on any atom is -0.462 e. The van der Waals surface area contributed by atoms with Crippen LogP contribution in [0.25, 0.3) is 0 Å². The van der Waals surface area contributed by atoms with Crippen molar-refractivity contribution in [3.63, 3.8) is 0 Å². The standard InChI is InChI=1S/C23H26N8O3S/c1-3-34-21(33)18-14(2)26-23(35-18)29-22-27-19-16(20(28-22)31-10-8-25-17(32)13-31)6-9-30(19)12-15-5-4-7-24-11-15/h4-5,7,11H,3,6,8-10,12-13H2,1-2H3,(H,25,32)(H,26,27,28,29). The van der Waals surface area contributed by atoms with Crippen molar-refractivity contribution in [3.05, 3.63) is 46.2 Å². The van der Waals surface area contributed by atoms with Gasteiger partial charge in [-0.25, -0.2) is 9.78 Å². The van der Waals surface area contributed by atoms with E-state index in [1.165, 1.54) is 11.3 Å². The summed E-state index contributed by atoms with van der Waals surface area (Å²) in [5, 5.41) is 6.55. The Balaban J connectivity index is 1.49. The number of anilines is 4. The highest BCUT2D eigenvalue weighted by Gasteiger charge is 2.30. The molecule has 3 aromatic rings. The molecule has 12 heteroatoms. The van der Waals surface area contributed by atoms with Crippen molar-refractivity contribution in [2.24, 2.45) is 0 Å². The van der Waals surface area contributed by atoms with E-state index in [1.807, 2.05) is 23.2 Å². The normalized spacial score (nSPS) is 15.1. The molecule has 0 bridgehead atoms. The van der Waals surface area contributed by atoms with Gasteiger partial charge in [0.15, 0.2) is 5.13 Å². The van der Waals surface area contributed by atoms with E-state index in [9.17, 15) is 9.59 Å². The first-order chi connectivity index (χ1) is 17.0. The van der Waals surface area contributed by atoms with Crippen LogP contribution in [0.3, 0.4) is 0 Å². The second kappa shape index (κ2) is 9.82. The van der Waals surface area contributed by atoms with E-state index < -0.39 is 5.97 Å². The Morgan fingerprint density at radius 2 is 2.11 bits per heavy atom. The monoisotopic (exact) mass is 494 g/mol. The van der Waals surface area contributed by atoms with Gasteiger partial charge in [-0.05, 0) is 31.9 Å². The van der Waals surface area contributed by atoms with Crippen LogP contribution in [0.1, 0.15) is 33.4 Å². The maximum Gasteiger partial charge on any atom is 0.350 e. The topological polar surface area (TPSA) is 125 Å². The van der Waals surface area contributed by atoms with Gasteiger partial charge in [0.2, 0.25) is 11.9 Å². The number of nitrogens with zero attached hydrogens (tertiary/aromatic N) is 6. The Bertz CT molecular complexity index is 1250. The van der Waals surface area contributed by atoms with Crippen molar-refractivity contribution in [1.29, 1.82) is 0 Å². The first kappa shape index (κ1) is 23.0. The van der Waals surface area contributed by atoms with Gasteiger partial charge in [-0.1, -0.05) is 17.4 Å². The summed E-state index contributed by atoms with van der Waals surface area (Å²) in [6.45, 7) is 6.77. The van der Waals surface area contributed by atoms with Crippen molar-refractivity contribution < 1.29 is 14.3 Å². The highest BCUT2D eigenvalue weighted by Crippen LogP contribution is 2.36. The molecule has 0 radical (unpaired) electrons. The predicted molar refractivity (Wildman–Crippen MR) is 132 cm³/mol. The van der Waals surface area contributed by atoms with Gasteiger partial charge >= 0.3 is 5.97 Å². The highest BCUT2D eigenvalue weighted by atomic mass is 32.1. The molecule has 3 aromatic heterocycles. The van der Waals surface area contributed by atoms with Crippen molar-refractivity contribution >= 4 is 45.9 Å². The minimum atomic E-state index is -0.395. The second-order valence-electron chi connectivity index (χ2n) is 8.26. The van der Waals surface area contributed by atoms with E-state index in [1.54, 1.807) is 20.0 Å². The molecule has 1 saturated heterocycles. The quantitative estimate of drug-likeness (QED) is 0.471. The van der Waals surface area contributed by atoms with Gasteiger partial charge in [0.1, 0.15) is 16.5 Å². The lowest BCUT2D eigenvalue weighted by Gasteiger charge is -2.29. The number of rotatable bonds is 7. The third kappa shape index (κ3) is 4.87. The first-order valence-electron chi connectivity index (χ1n) is 11.5. The van der Waals surface area contributed by atoms with Crippen molar-refractivity contribution in [3.8, 4) is 0 Å². The van der Waals surface area contributed by atoms with E-state index in [2.05, 4.69) is 25.5 Å². The lowest BCUT2D eigenvalue weighted by Crippen LogP contribution is -2.48. The van der Waals surface area contributed by atoms with Crippen molar-refractivity contribution in [2.45, 2.75) is 26.8 Å². The fraction of sp³-hybridized carbons (Fsp3) is 0.391. The molecule has 5 rings (SSSR count). The lowest BCUT2D eigenvalue weighted by atomic mass is 10.2. The number of pyridine rings is 1. The lowest BCUT2D eigenvalue weighted by molar-refractivity contribution is -0.120. The second-order valence-corrected chi connectivity index (χ2v) is 9.26. The molecule has 11 nitrogen and oxygen atoms in total. The zero-order chi connectivity index (χ0) is 24.4. The van der Waals surface area contributed by atoms with Crippen LogP contribution in [-0.4, -0.2) is 64.6 Å². The third-order valence-corrected chi connectivity index (χ3v) is 6.86. The van der Waals surface area contributed by atoms with Crippen LogP contribution >= 0.6 is 11.3 Å². The highest BCUT2D eigenvalue weighted by molar-refractivity contribution is 7.17. The Kier molecular flexibility index (Phi) is 6.45. The molecule has 0 aromatic carbocycles. The van der Waals surface area contributed by atoms with Crippen LogP contribution in [0.2, 0.25) is 0 Å². The molecular weight excluding hydrogens is 468 g/mol. The number of aryl methyl sites for hydroxylation is 1. The number of hydrogen-bond donors (Lipinski definition) is 2. The zero-order valence-corrected chi connectivity index (χ0v) is 20.4. The number of aromatic nitrogens is 4. The number of thiazole rings is 1. The van der Waals surface area contributed by atoms with Gasteiger partial charge < -0.3 is 19.9 Å². The number of piperazine rings is 1. The summed E-state index contributed by atoms with van der Waals surface area (Å²) in [4.78, 5) is 47.3. The van der Waals surface area contributed by atoms with Gasteiger partial charge in [0.25, 0.3) is 0 Å². The zero-order valence-electron chi connectivity index (χ0n) is 19.6. The van der Waals surface area contributed by atoms with E-state index in [-0.39, 0.29) is 12.5 Å². The average molecular weight is 495 g/mol. The molecule has 0 aliphatic carbocycles. The summed E-state index contributed by atoms with van der Waals surface area (Å²) in [6, 6.07) is 3.96. The molecule has 2 N–H and O–H groups in total. The smallest absolute Gasteiger partial charge is 0.350 e.